The van der Waals surface area contributed by atoms with Crippen molar-refractivity contribution in [2.75, 3.05) is 20.6 Å². The van der Waals surface area contributed by atoms with Crippen LogP contribution in [0.3, 0.4) is 0 Å². The zero-order valence-corrected chi connectivity index (χ0v) is 11.2. The second-order valence-electron chi connectivity index (χ2n) is 4.29. The Balaban J connectivity index is 2.24. The topological polar surface area (TPSA) is 62.3 Å². The van der Waals surface area contributed by atoms with Gasteiger partial charge >= 0.3 is 0 Å². The molecule has 2 rings (SSSR count). The molecule has 6 heteroatoms. The van der Waals surface area contributed by atoms with Crippen molar-refractivity contribution in [3.05, 3.63) is 27.9 Å². The maximum atomic E-state index is 11.9. The van der Waals surface area contributed by atoms with Crippen LogP contribution in [0.2, 0.25) is 0 Å². The van der Waals surface area contributed by atoms with Crippen molar-refractivity contribution in [1.29, 1.82) is 0 Å². The fourth-order valence-electron chi connectivity index (χ4n) is 1.63. The van der Waals surface area contributed by atoms with Gasteiger partial charge in [-0.3, -0.25) is 9.59 Å². The summed E-state index contributed by atoms with van der Waals surface area (Å²) in [5.41, 5.74) is 0.416. The first-order chi connectivity index (χ1) is 8.58. The third-order valence-corrected chi connectivity index (χ3v) is 3.64. The number of ketones is 1. The van der Waals surface area contributed by atoms with Crippen molar-refractivity contribution < 1.29 is 9.59 Å². The number of allylic oxidation sites excluding steroid dienone is 1. The summed E-state index contributed by atoms with van der Waals surface area (Å²) < 4.78 is 0. The van der Waals surface area contributed by atoms with Gasteiger partial charge in [-0.25, -0.2) is 4.98 Å². The van der Waals surface area contributed by atoms with E-state index in [4.69, 9.17) is 0 Å². The molecule has 1 amide bonds. The predicted molar refractivity (Wildman–Crippen MR) is 69.9 cm³/mol. The summed E-state index contributed by atoms with van der Waals surface area (Å²) in [6, 6.07) is 0. The summed E-state index contributed by atoms with van der Waals surface area (Å²) in [5, 5.41) is 3.16. The highest BCUT2D eigenvalue weighted by Crippen LogP contribution is 2.22. The van der Waals surface area contributed by atoms with Crippen molar-refractivity contribution in [1.82, 2.24) is 15.2 Å². The molecule has 1 aromatic heterocycles. The van der Waals surface area contributed by atoms with E-state index < -0.39 is 0 Å². The van der Waals surface area contributed by atoms with Crippen molar-refractivity contribution >= 4 is 23.0 Å². The van der Waals surface area contributed by atoms with Gasteiger partial charge in [-0.15, -0.1) is 11.3 Å². The Hall–Kier alpha value is -1.69. The minimum Gasteiger partial charge on any atom is -0.383 e. The van der Waals surface area contributed by atoms with E-state index in [0.717, 1.165) is 17.7 Å². The fraction of sp³-hybridized carbons (Fsp3) is 0.417. The molecule has 1 aliphatic rings. The number of carbonyl (C=O) groups is 2. The van der Waals surface area contributed by atoms with Gasteiger partial charge < -0.3 is 10.2 Å². The lowest BCUT2D eigenvalue weighted by Gasteiger charge is -2.01. The first-order valence-corrected chi connectivity index (χ1v) is 6.56. The number of amides is 1. The van der Waals surface area contributed by atoms with Crippen LogP contribution in [-0.2, 0) is 6.42 Å². The summed E-state index contributed by atoms with van der Waals surface area (Å²) in [4.78, 5) is 30.4. The van der Waals surface area contributed by atoms with Crippen LogP contribution in [0.15, 0.2) is 12.3 Å². The summed E-state index contributed by atoms with van der Waals surface area (Å²) in [7, 11) is 3.68. The molecule has 0 aromatic carbocycles. The van der Waals surface area contributed by atoms with Gasteiger partial charge in [0.1, 0.15) is 5.69 Å². The van der Waals surface area contributed by atoms with Crippen molar-refractivity contribution in [3.63, 3.8) is 0 Å². The smallest absolute Gasteiger partial charge is 0.271 e. The van der Waals surface area contributed by atoms with E-state index in [-0.39, 0.29) is 11.7 Å². The molecule has 0 bridgehead atoms. The number of fused-ring (bicyclic) bond motifs is 1. The van der Waals surface area contributed by atoms with E-state index in [1.807, 2.05) is 14.1 Å². The Morgan fingerprint density at radius 3 is 3.00 bits per heavy atom. The van der Waals surface area contributed by atoms with Gasteiger partial charge in [-0.2, -0.15) is 0 Å². The van der Waals surface area contributed by atoms with Gasteiger partial charge in [-0.05, 0) is 12.8 Å². The molecule has 0 saturated carbocycles. The number of carbonyl (C=O) groups excluding carboxylic acids is 2. The van der Waals surface area contributed by atoms with Crippen LogP contribution in [0.4, 0.5) is 0 Å². The number of rotatable bonds is 3. The number of nitrogens with one attached hydrogen (secondary N) is 1. The third kappa shape index (κ3) is 2.76. The average molecular weight is 265 g/mol. The number of aryl methyl sites for hydroxylation is 1. The predicted octanol–water partition coefficient (Wildman–Crippen LogP) is 1.08. The van der Waals surface area contributed by atoms with Gasteiger partial charge in [0.25, 0.3) is 5.91 Å². The summed E-state index contributed by atoms with van der Waals surface area (Å²) in [5.74, 6) is -0.330. The number of aromatic nitrogens is 1. The Morgan fingerprint density at radius 2 is 2.28 bits per heavy atom. The summed E-state index contributed by atoms with van der Waals surface area (Å²) in [6.07, 6.45) is 4.84. The normalized spacial score (nSPS) is 15.1. The number of thiazole rings is 1. The number of hydrogen-bond acceptors (Lipinski definition) is 5. The zero-order valence-electron chi connectivity index (χ0n) is 10.4. The maximum absolute atomic E-state index is 11.9. The molecule has 0 spiro atoms. The van der Waals surface area contributed by atoms with E-state index >= 15 is 0 Å². The SMILES string of the molecule is CN(C)C=CC(=O)c1nc2c(s1)CCCNC2=O. The molecular formula is C12H15N3O2S. The monoisotopic (exact) mass is 265 g/mol. The molecule has 18 heavy (non-hydrogen) atoms. The second kappa shape index (κ2) is 5.30. The first kappa shape index (κ1) is 12.8. The van der Waals surface area contributed by atoms with Crippen LogP contribution in [0.5, 0.6) is 0 Å². The Bertz CT molecular complexity index is 505. The van der Waals surface area contributed by atoms with Crippen LogP contribution < -0.4 is 5.32 Å². The van der Waals surface area contributed by atoms with E-state index in [9.17, 15) is 9.59 Å². The molecule has 5 nitrogen and oxygen atoms in total. The van der Waals surface area contributed by atoms with Crippen molar-refractivity contribution in [2.24, 2.45) is 0 Å². The van der Waals surface area contributed by atoms with Gasteiger partial charge in [0.2, 0.25) is 5.78 Å². The Labute approximate surface area is 110 Å². The fourth-order valence-corrected chi connectivity index (χ4v) is 2.65. The lowest BCUT2D eigenvalue weighted by Crippen LogP contribution is -2.23. The highest BCUT2D eigenvalue weighted by Gasteiger charge is 2.22. The van der Waals surface area contributed by atoms with Gasteiger partial charge in [-0.1, -0.05) is 0 Å². The maximum Gasteiger partial charge on any atom is 0.271 e. The standard InChI is InChI=1S/C12H15N3O2S/c1-15(2)7-5-8(16)12-14-10-9(18-12)4-3-6-13-11(10)17/h5,7H,3-4,6H2,1-2H3,(H,13,17). The molecule has 1 aliphatic heterocycles. The quantitative estimate of drug-likeness (QED) is 0.656. The van der Waals surface area contributed by atoms with Crippen LogP contribution in [0.1, 0.15) is 31.6 Å². The zero-order chi connectivity index (χ0) is 13.1. The molecular weight excluding hydrogens is 250 g/mol. The number of nitrogens with zero attached hydrogens (tertiary/aromatic N) is 2. The summed E-state index contributed by atoms with van der Waals surface area (Å²) in [6.45, 7) is 0.672. The lowest BCUT2D eigenvalue weighted by molar-refractivity contribution is 0.0951. The highest BCUT2D eigenvalue weighted by atomic mass is 32.1. The molecule has 0 saturated heterocycles. The van der Waals surface area contributed by atoms with E-state index in [1.165, 1.54) is 17.4 Å². The van der Waals surface area contributed by atoms with E-state index in [2.05, 4.69) is 10.3 Å². The van der Waals surface area contributed by atoms with Crippen molar-refractivity contribution in [2.45, 2.75) is 12.8 Å². The van der Waals surface area contributed by atoms with Crippen LogP contribution >= 0.6 is 11.3 Å². The molecule has 1 aromatic rings. The number of hydrogen-bond donors (Lipinski definition) is 1. The Morgan fingerprint density at radius 1 is 1.50 bits per heavy atom. The lowest BCUT2D eigenvalue weighted by atomic mass is 10.2. The molecule has 0 fully saturated rings. The molecule has 0 atom stereocenters. The minimum absolute atomic E-state index is 0.158. The van der Waals surface area contributed by atoms with E-state index in [1.54, 1.807) is 11.1 Å². The molecule has 2 heterocycles. The largest absolute Gasteiger partial charge is 0.383 e. The Kier molecular flexibility index (Phi) is 3.76. The molecule has 0 aliphatic carbocycles. The molecule has 0 radical (unpaired) electrons. The van der Waals surface area contributed by atoms with Crippen LogP contribution in [0, 0.1) is 0 Å². The average Bonchev–Trinajstić information content (AvgIpc) is 2.68. The molecule has 0 unspecified atom stereocenters. The third-order valence-electron chi connectivity index (χ3n) is 2.51. The molecule has 1 N–H and O–H groups in total. The van der Waals surface area contributed by atoms with Gasteiger partial charge in [0.05, 0.1) is 0 Å². The summed E-state index contributed by atoms with van der Waals surface area (Å²) >= 11 is 1.32. The van der Waals surface area contributed by atoms with E-state index in [0.29, 0.717) is 17.2 Å². The van der Waals surface area contributed by atoms with Crippen LogP contribution in [-0.4, -0.2) is 42.2 Å². The van der Waals surface area contributed by atoms with Gasteiger partial charge in [0, 0.05) is 37.8 Å². The highest BCUT2D eigenvalue weighted by molar-refractivity contribution is 7.14. The van der Waals surface area contributed by atoms with Gasteiger partial charge in [0.15, 0.2) is 5.01 Å². The minimum atomic E-state index is -0.172. The molecule has 96 valence electrons. The second-order valence-corrected chi connectivity index (χ2v) is 5.38. The van der Waals surface area contributed by atoms with Crippen molar-refractivity contribution in [3.8, 4) is 0 Å². The first-order valence-electron chi connectivity index (χ1n) is 5.75. The van der Waals surface area contributed by atoms with Crippen LogP contribution in [0.25, 0.3) is 0 Å².